The van der Waals surface area contributed by atoms with E-state index < -0.39 is 5.97 Å². The summed E-state index contributed by atoms with van der Waals surface area (Å²) in [7, 11) is 3.99. The monoisotopic (exact) mass is 214 g/mol. The first-order valence-electron chi connectivity index (χ1n) is 4.38. The van der Waals surface area contributed by atoms with Gasteiger partial charge in [-0.15, -0.1) is 11.3 Å². The average Bonchev–Trinajstić information content (AvgIpc) is 2.47. The van der Waals surface area contributed by atoms with Crippen molar-refractivity contribution >= 4 is 17.3 Å². The van der Waals surface area contributed by atoms with Crippen LogP contribution >= 0.6 is 11.3 Å². The van der Waals surface area contributed by atoms with Gasteiger partial charge in [-0.2, -0.15) is 0 Å². The molecule has 0 unspecified atom stereocenters. The van der Waals surface area contributed by atoms with Crippen LogP contribution in [0.2, 0.25) is 0 Å². The van der Waals surface area contributed by atoms with E-state index in [1.807, 2.05) is 20.3 Å². The molecule has 0 aliphatic heterocycles. The lowest BCUT2D eigenvalue weighted by atomic mass is 10.3. The fourth-order valence-electron chi connectivity index (χ4n) is 1.06. The van der Waals surface area contributed by atoms with Crippen molar-refractivity contribution in [3.8, 4) is 0 Å². The van der Waals surface area contributed by atoms with Gasteiger partial charge in [0.15, 0.2) is 0 Å². The Bertz CT molecular complexity index is 310. The first-order valence-corrected chi connectivity index (χ1v) is 5.19. The minimum absolute atomic E-state index is 0.162. The van der Waals surface area contributed by atoms with Crippen molar-refractivity contribution in [1.82, 2.24) is 9.88 Å². The molecule has 0 aliphatic rings. The van der Waals surface area contributed by atoms with Gasteiger partial charge in [0, 0.05) is 24.0 Å². The number of aromatic nitrogens is 1. The van der Waals surface area contributed by atoms with Crippen LogP contribution in [0.25, 0.3) is 0 Å². The molecule has 78 valence electrons. The molecule has 14 heavy (non-hydrogen) atoms. The summed E-state index contributed by atoms with van der Waals surface area (Å²) in [5.74, 6) is -0.769. The molecule has 0 saturated carbocycles. The van der Waals surface area contributed by atoms with Crippen LogP contribution in [0.4, 0.5) is 0 Å². The summed E-state index contributed by atoms with van der Waals surface area (Å²) < 4.78 is 0. The van der Waals surface area contributed by atoms with Gasteiger partial charge in [0.2, 0.25) is 0 Å². The van der Waals surface area contributed by atoms with Gasteiger partial charge in [0.25, 0.3) is 0 Å². The van der Waals surface area contributed by atoms with Gasteiger partial charge in [0.1, 0.15) is 0 Å². The second-order valence-corrected chi connectivity index (χ2v) is 4.55. The fourth-order valence-corrected chi connectivity index (χ4v) is 2.10. The summed E-state index contributed by atoms with van der Waals surface area (Å²) in [5.41, 5.74) is 0. The van der Waals surface area contributed by atoms with Crippen LogP contribution in [0.1, 0.15) is 16.3 Å². The van der Waals surface area contributed by atoms with Crippen LogP contribution in [0.15, 0.2) is 6.20 Å². The zero-order chi connectivity index (χ0) is 10.6. The van der Waals surface area contributed by atoms with Crippen molar-refractivity contribution < 1.29 is 9.90 Å². The quantitative estimate of drug-likeness (QED) is 0.800. The Morgan fingerprint density at radius 1 is 1.64 bits per heavy atom. The van der Waals surface area contributed by atoms with Gasteiger partial charge < -0.3 is 10.0 Å². The normalized spacial score (nSPS) is 10.8. The summed E-state index contributed by atoms with van der Waals surface area (Å²) in [5, 5.41) is 9.40. The molecule has 5 heteroatoms. The summed E-state index contributed by atoms with van der Waals surface area (Å²) in [6, 6.07) is 0. The Hall–Kier alpha value is -0.940. The van der Waals surface area contributed by atoms with Gasteiger partial charge in [-0.1, -0.05) is 0 Å². The van der Waals surface area contributed by atoms with Crippen LogP contribution in [0.3, 0.4) is 0 Å². The molecule has 1 heterocycles. The van der Waals surface area contributed by atoms with Gasteiger partial charge in [-0.05, 0) is 14.1 Å². The standard InChI is InChI=1S/C9H14N2O2S/c1-11(2)6-7-5-10-8(14-7)3-4-9(12)13/h5H,3-4,6H2,1-2H3,(H,12,13). The van der Waals surface area contributed by atoms with Crippen molar-refractivity contribution in [3.05, 3.63) is 16.1 Å². The molecule has 0 aliphatic carbocycles. The number of hydrogen-bond acceptors (Lipinski definition) is 4. The highest BCUT2D eigenvalue weighted by Crippen LogP contribution is 2.15. The Kier molecular flexibility index (Phi) is 4.03. The molecule has 1 aromatic heterocycles. The number of thiazole rings is 1. The van der Waals surface area contributed by atoms with E-state index in [1.54, 1.807) is 11.3 Å². The van der Waals surface area contributed by atoms with E-state index in [0.717, 1.165) is 11.6 Å². The highest BCUT2D eigenvalue weighted by molar-refractivity contribution is 7.11. The highest BCUT2D eigenvalue weighted by Gasteiger charge is 2.05. The third-order valence-corrected chi connectivity index (χ3v) is 2.67. The van der Waals surface area contributed by atoms with Crippen LogP contribution in [-0.4, -0.2) is 35.1 Å². The maximum absolute atomic E-state index is 10.3. The number of carboxylic acids is 1. The largest absolute Gasteiger partial charge is 0.481 e. The van der Waals surface area contributed by atoms with E-state index >= 15 is 0 Å². The lowest BCUT2D eigenvalue weighted by Gasteiger charge is -2.05. The molecular formula is C9H14N2O2S. The smallest absolute Gasteiger partial charge is 0.303 e. The lowest BCUT2D eigenvalue weighted by Crippen LogP contribution is -2.09. The van der Waals surface area contributed by atoms with E-state index in [9.17, 15) is 4.79 Å². The number of nitrogens with zero attached hydrogens (tertiary/aromatic N) is 2. The van der Waals surface area contributed by atoms with E-state index in [4.69, 9.17) is 5.11 Å². The summed E-state index contributed by atoms with van der Waals surface area (Å²) in [6.07, 6.45) is 2.52. The summed E-state index contributed by atoms with van der Waals surface area (Å²) in [6.45, 7) is 0.866. The number of carboxylic acid groups (broad SMARTS) is 1. The van der Waals surface area contributed by atoms with Crippen LogP contribution < -0.4 is 0 Å². The second-order valence-electron chi connectivity index (χ2n) is 3.35. The van der Waals surface area contributed by atoms with Crippen molar-refractivity contribution in [2.45, 2.75) is 19.4 Å². The average molecular weight is 214 g/mol. The Balaban J connectivity index is 2.46. The predicted molar refractivity (Wildman–Crippen MR) is 55.5 cm³/mol. The number of hydrogen-bond donors (Lipinski definition) is 1. The van der Waals surface area contributed by atoms with Crippen molar-refractivity contribution in [2.24, 2.45) is 0 Å². The molecular weight excluding hydrogens is 200 g/mol. The van der Waals surface area contributed by atoms with Crippen LogP contribution in [0, 0.1) is 0 Å². The van der Waals surface area contributed by atoms with Crippen molar-refractivity contribution in [1.29, 1.82) is 0 Å². The van der Waals surface area contributed by atoms with Gasteiger partial charge >= 0.3 is 5.97 Å². The van der Waals surface area contributed by atoms with E-state index in [-0.39, 0.29) is 6.42 Å². The molecule has 0 amide bonds. The van der Waals surface area contributed by atoms with Crippen molar-refractivity contribution in [3.63, 3.8) is 0 Å². The molecule has 1 aromatic rings. The number of rotatable bonds is 5. The minimum Gasteiger partial charge on any atom is -0.481 e. The molecule has 1 N–H and O–H groups in total. The zero-order valence-electron chi connectivity index (χ0n) is 8.36. The zero-order valence-corrected chi connectivity index (χ0v) is 9.17. The predicted octanol–water partition coefficient (Wildman–Crippen LogP) is 1.22. The van der Waals surface area contributed by atoms with Gasteiger partial charge in [-0.3, -0.25) is 4.79 Å². The first kappa shape index (κ1) is 11.1. The molecule has 4 nitrogen and oxygen atoms in total. The Morgan fingerprint density at radius 2 is 2.36 bits per heavy atom. The summed E-state index contributed by atoms with van der Waals surface area (Å²) >= 11 is 1.59. The number of aliphatic carboxylic acids is 1. The molecule has 0 spiro atoms. The molecule has 0 aromatic carbocycles. The number of aryl methyl sites for hydroxylation is 1. The van der Waals surface area contributed by atoms with E-state index in [2.05, 4.69) is 9.88 Å². The molecule has 0 fully saturated rings. The molecule has 0 bridgehead atoms. The summed E-state index contributed by atoms with van der Waals surface area (Å²) in [4.78, 5) is 17.7. The Morgan fingerprint density at radius 3 is 2.93 bits per heavy atom. The maximum Gasteiger partial charge on any atom is 0.303 e. The number of carbonyl (C=O) groups is 1. The van der Waals surface area contributed by atoms with Gasteiger partial charge in [-0.25, -0.2) is 4.98 Å². The Labute approximate surface area is 87.2 Å². The second kappa shape index (κ2) is 5.07. The van der Waals surface area contributed by atoms with Crippen LogP contribution in [0.5, 0.6) is 0 Å². The maximum atomic E-state index is 10.3. The van der Waals surface area contributed by atoms with Gasteiger partial charge in [0.05, 0.1) is 11.4 Å². The first-order chi connectivity index (χ1) is 6.58. The van der Waals surface area contributed by atoms with E-state index in [0.29, 0.717) is 6.42 Å². The third-order valence-electron chi connectivity index (χ3n) is 1.63. The highest BCUT2D eigenvalue weighted by atomic mass is 32.1. The molecule has 0 saturated heterocycles. The lowest BCUT2D eigenvalue weighted by molar-refractivity contribution is -0.136. The third kappa shape index (κ3) is 3.85. The molecule has 0 radical (unpaired) electrons. The fraction of sp³-hybridized carbons (Fsp3) is 0.556. The van der Waals surface area contributed by atoms with E-state index in [1.165, 1.54) is 4.88 Å². The van der Waals surface area contributed by atoms with Crippen molar-refractivity contribution in [2.75, 3.05) is 14.1 Å². The van der Waals surface area contributed by atoms with Crippen LogP contribution in [-0.2, 0) is 17.8 Å². The minimum atomic E-state index is -0.769. The molecule has 1 rings (SSSR count). The SMILES string of the molecule is CN(C)Cc1cnc(CCC(=O)O)s1. The molecule has 0 atom stereocenters. The topological polar surface area (TPSA) is 53.4 Å².